The number of carbonyl (C=O) groups excluding carboxylic acids is 5. The molecule has 1 fully saturated rings. The molecule has 1 heterocycles. The van der Waals surface area contributed by atoms with Crippen LogP contribution < -0.4 is 10.6 Å². The van der Waals surface area contributed by atoms with Crippen LogP contribution in [0, 0.1) is 0 Å². The molecule has 0 aromatic rings. The van der Waals surface area contributed by atoms with E-state index in [9.17, 15) is 24.0 Å². The number of hydrogen-bond acceptors (Lipinski definition) is 9. The summed E-state index contributed by atoms with van der Waals surface area (Å²) < 4.78 is 0. The molecule has 1 rings (SSSR count). The Bertz CT molecular complexity index is 642. The number of nitrogens with one attached hydrogen (secondary N) is 2. The van der Waals surface area contributed by atoms with E-state index in [-0.39, 0.29) is 43.3 Å². The first-order valence-electron chi connectivity index (χ1n) is 10.1. The van der Waals surface area contributed by atoms with Crippen LogP contribution in [0.5, 0.6) is 0 Å². The molecule has 0 aromatic carbocycles. The molecular formula is C19H33N5O6S. The second kappa shape index (κ2) is 14.0. The van der Waals surface area contributed by atoms with E-state index < -0.39 is 23.8 Å². The van der Waals surface area contributed by atoms with E-state index in [0.717, 1.165) is 6.54 Å². The summed E-state index contributed by atoms with van der Waals surface area (Å²) in [4.78, 5) is 68.6. The average molecular weight is 461 g/mol. The Morgan fingerprint density at radius 2 is 1.65 bits per heavy atom. The highest BCUT2D eigenvalue weighted by Gasteiger charge is 2.35. The third-order valence-corrected chi connectivity index (χ3v) is 5.25. The second-order valence-corrected chi connectivity index (χ2v) is 8.77. The molecule has 176 valence electrons. The topological polar surface area (TPSA) is 128 Å². The van der Waals surface area contributed by atoms with E-state index in [1.54, 1.807) is 0 Å². The van der Waals surface area contributed by atoms with E-state index in [0.29, 0.717) is 23.9 Å². The van der Waals surface area contributed by atoms with Crippen LogP contribution in [0.3, 0.4) is 0 Å². The highest BCUT2D eigenvalue weighted by atomic mass is 32.2. The van der Waals surface area contributed by atoms with Gasteiger partial charge in [-0.3, -0.25) is 19.2 Å². The SMILES string of the molecule is CN(C)CCNC(=O)CSCC[C@H](NC(=O)CCN(C)[13CH3])C(=O)ON1C(=O)CCC1=O. The van der Waals surface area contributed by atoms with Gasteiger partial charge in [-0.05, 0) is 40.4 Å². The lowest BCUT2D eigenvalue weighted by molar-refractivity contribution is -0.199. The lowest BCUT2D eigenvalue weighted by Crippen LogP contribution is -2.46. The number of amides is 4. The summed E-state index contributed by atoms with van der Waals surface area (Å²) in [6.07, 6.45) is 0.355. The predicted molar refractivity (Wildman–Crippen MR) is 116 cm³/mol. The summed E-state index contributed by atoms with van der Waals surface area (Å²) in [5.74, 6) is -1.89. The maximum atomic E-state index is 12.5. The Balaban J connectivity index is 2.54. The van der Waals surface area contributed by atoms with Gasteiger partial charge in [0.05, 0.1) is 5.75 Å². The third-order valence-electron chi connectivity index (χ3n) is 4.26. The van der Waals surface area contributed by atoms with Crippen molar-refractivity contribution in [2.24, 2.45) is 0 Å². The fourth-order valence-electron chi connectivity index (χ4n) is 2.49. The van der Waals surface area contributed by atoms with Gasteiger partial charge in [-0.1, -0.05) is 0 Å². The zero-order chi connectivity index (χ0) is 23.4. The van der Waals surface area contributed by atoms with Crippen molar-refractivity contribution in [1.82, 2.24) is 25.5 Å². The minimum atomic E-state index is -1.03. The molecule has 1 aliphatic rings. The first-order chi connectivity index (χ1) is 14.6. The first-order valence-corrected chi connectivity index (χ1v) is 11.3. The van der Waals surface area contributed by atoms with E-state index in [4.69, 9.17) is 4.84 Å². The van der Waals surface area contributed by atoms with Gasteiger partial charge in [-0.25, -0.2) is 4.79 Å². The number of thioether (sulfide) groups is 1. The molecule has 4 amide bonds. The number of rotatable bonds is 14. The largest absolute Gasteiger partial charge is 0.355 e. The van der Waals surface area contributed by atoms with Crippen LogP contribution >= 0.6 is 11.8 Å². The maximum absolute atomic E-state index is 12.5. The molecule has 0 radical (unpaired) electrons. The van der Waals surface area contributed by atoms with Gasteiger partial charge in [-0.2, -0.15) is 11.8 Å². The predicted octanol–water partition coefficient (Wildman–Crippen LogP) is -1.17. The van der Waals surface area contributed by atoms with Crippen LogP contribution in [0.15, 0.2) is 0 Å². The molecular weight excluding hydrogens is 427 g/mol. The zero-order valence-electron chi connectivity index (χ0n) is 18.6. The van der Waals surface area contributed by atoms with Crippen LogP contribution in [0.4, 0.5) is 0 Å². The number of hydroxylamine groups is 2. The summed E-state index contributed by atoms with van der Waals surface area (Å²) in [5.41, 5.74) is 0. The van der Waals surface area contributed by atoms with Crippen molar-refractivity contribution in [3.05, 3.63) is 0 Å². The molecule has 12 heteroatoms. The zero-order valence-corrected chi connectivity index (χ0v) is 19.5. The molecule has 1 atom stereocenters. The van der Waals surface area contributed by atoms with Gasteiger partial charge in [0.25, 0.3) is 11.8 Å². The number of imide groups is 1. The van der Waals surface area contributed by atoms with Gasteiger partial charge in [0.1, 0.15) is 6.04 Å². The summed E-state index contributed by atoms with van der Waals surface area (Å²) in [5, 5.41) is 5.86. The minimum absolute atomic E-state index is 0.00917. The summed E-state index contributed by atoms with van der Waals surface area (Å²) in [6, 6.07) is -1.03. The molecule has 11 nitrogen and oxygen atoms in total. The lowest BCUT2D eigenvalue weighted by atomic mass is 10.2. The third kappa shape index (κ3) is 11.1. The van der Waals surface area contributed by atoms with Crippen molar-refractivity contribution < 1.29 is 28.8 Å². The molecule has 2 N–H and O–H groups in total. The molecule has 31 heavy (non-hydrogen) atoms. The van der Waals surface area contributed by atoms with Crippen molar-refractivity contribution in [3.63, 3.8) is 0 Å². The smallest absolute Gasteiger partial charge is 0.354 e. The maximum Gasteiger partial charge on any atom is 0.355 e. The molecule has 0 aromatic heterocycles. The molecule has 1 aliphatic heterocycles. The normalized spacial score (nSPS) is 14.8. The summed E-state index contributed by atoms with van der Waals surface area (Å²) in [7, 11) is 7.47. The molecule has 0 unspecified atom stereocenters. The quantitative estimate of drug-likeness (QED) is 0.187. The summed E-state index contributed by atoms with van der Waals surface area (Å²) >= 11 is 1.31. The van der Waals surface area contributed by atoms with E-state index in [2.05, 4.69) is 10.6 Å². The van der Waals surface area contributed by atoms with Crippen LogP contribution in [-0.2, 0) is 28.8 Å². The van der Waals surface area contributed by atoms with Gasteiger partial charge in [0.15, 0.2) is 0 Å². The Morgan fingerprint density at radius 1 is 1.03 bits per heavy atom. The lowest BCUT2D eigenvalue weighted by Gasteiger charge is -2.20. The average Bonchev–Trinajstić information content (AvgIpc) is 3.00. The fourth-order valence-corrected chi connectivity index (χ4v) is 3.32. The van der Waals surface area contributed by atoms with E-state index in [1.165, 1.54) is 11.8 Å². The molecule has 1 saturated heterocycles. The number of carbonyl (C=O) groups is 5. The van der Waals surface area contributed by atoms with Gasteiger partial charge < -0.3 is 25.3 Å². The number of nitrogens with zero attached hydrogens (tertiary/aromatic N) is 3. The molecule has 0 aliphatic carbocycles. The van der Waals surface area contributed by atoms with Crippen molar-refractivity contribution >= 4 is 41.4 Å². The van der Waals surface area contributed by atoms with Crippen molar-refractivity contribution in [2.45, 2.75) is 31.7 Å². The fraction of sp³-hybridized carbons (Fsp3) is 0.737. The second-order valence-electron chi connectivity index (χ2n) is 7.66. The Hall–Kier alpha value is -2.18. The van der Waals surface area contributed by atoms with Crippen LogP contribution in [0.1, 0.15) is 25.7 Å². The van der Waals surface area contributed by atoms with E-state index >= 15 is 0 Å². The monoisotopic (exact) mass is 460 g/mol. The van der Waals surface area contributed by atoms with Gasteiger partial charge in [-0.15, -0.1) is 5.06 Å². The minimum Gasteiger partial charge on any atom is -0.354 e. The van der Waals surface area contributed by atoms with Gasteiger partial charge in [0.2, 0.25) is 11.8 Å². The standard InChI is InChI=1S/C19H33N5O6S/c1-22(2)10-7-15(25)21-14(19(29)30-24-17(27)5-6-18(24)28)8-12-31-13-16(26)20-9-11-23(3)4/h14H,5-13H2,1-4H3,(H,20,26)(H,21,25)/t14-/m0/s1/i1+1. The Morgan fingerprint density at radius 3 is 2.23 bits per heavy atom. The first kappa shape index (κ1) is 26.9. The van der Waals surface area contributed by atoms with Crippen LogP contribution in [-0.4, -0.2) is 110 Å². The van der Waals surface area contributed by atoms with Crippen LogP contribution in [0.25, 0.3) is 0 Å². The van der Waals surface area contributed by atoms with Crippen LogP contribution in [0.2, 0.25) is 0 Å². The Labute approximate surface area is 187 Å². The van der Waals surface area contributed by atoms with E-state index in [1.807, 2.05) is 38.0 Å². The molecule has 0 spiro atoms. The number of hydrogen-bond donors (Lipinski definition) is 2. The highest BCUT2D eigenvalue weighted by molar-refractivity contribution is 7.99. The molecule has 0 saturated carbocycles. The Kier molecular flexibility index (Phi) is 12.1. The summed E-state index contributed by atoms with van der Waals surface area (Å²) in [6.45, 7) is 1.77. The number of likely N-dealkylation sites (N-methyl/N-ethyl adjacent to an activating group) is 1. The van der Waals surface area contributed by atoms with Crippen molar-refractivity contribution in [3.8, 4) is 0 Å². The highest BCUT2D eigenvalue weighted by Crippen LogP contribution is 2.14. The van der Waals surface area contributed by atoms with Gasteiger partial charge in [0, 0.05) is 38.9 Å². The van der Waals surface area contributed by atoms with Crippen molar-refractivity contribution in [2.75, 3.05) is 59.3 Å². The van der Waals surface area contributed by atoms with Crippen molar-refractivity contribution in [1.29, 1.82) is 0 Å². The molecule has 0 bridgehead atoms. The van der Waals surface area contributed by atoms with Gasteiger partial charge >= 0.3 is 5.97 Å².